The van der Waals surface area contributed by atoms with Gasteiger partial charge in [-0.3, -0.25) is 9.59 Å². The lowest BCUT2D eigenvalue weighted by molar-refractivity contribution is -0.146. The van der Waals surface area contributed by atoms with Crippen molar-refractivity contribution in [1.29, 1.82) is 0 Å². The first-order valence-electron chi connectivity index (χ1n) is 13.6. The van der Waals surface area contributed by atoms with Gasteiger partial charge in [-0.15, -0.1) is 0 Å². The number of amides is 2. The average molecular weight is 548 g/mol. The molecule has 1 aromatic heterocycles. The molecule has 0 bridgehead atoms. The molecule has 0 unspecified atom stereocenters. The summed E-state index contributed by atoms with van der Waals surface area (Å²) in [6.45, 7) is 7.19. The number of aromatic nitrogens is 1. The third-order valence-corrected chi connectivity index (χ3v) is 6.64. The van der Waals surface area contributed by atoms with Gasteiger partial charge in [0.05, 0.1) is 20.2 Å². The van der Waals surface area contributed by atoms with Crippen LogP contribution in [-0.4, -0.2) is 54.0 Å². The first kappa shape index (κ1) is 30.6. The van der Waals surface area contributed by atoms with Crippen LogP contribution in [0.1, 0.15) is 44.7 Å². The Balaban J connectivity index is 0.000000472. The first-order valence-corrected chi connectivity index (χ1v) is 13.6. The summed E-state index contributed by atoms with van der Waals surface area (Å²) in [6.07, 6.45) is 4.32. The summed E-state index contributed by atoms with van der Waals surface area (Å²) in [5, 5.41) is 4.61. The van der Waals surface area contributed by atoms with E-state index in [0.29, 0.717) is 24.6 Å². The van der Waals surface area contributed by atoms with Crippen LogP contribution in [0.2, 0.25) is 0 Å². The third kappa shape index (κ3) is 9.36. The quantitative estimate of drug-likeness (QED) is 0.332. The SMILES string of the molecule is CCc1ccc(NC(=O)CN2CCCC(C)(C)C2=O)cc1CN(C)ONc1ccccn1.COc1ccccc1. The summed E-state index contributed by atoms with van der Waals surface area (Å²) >= 11 is 0. The summed E-state index contributed by atoms with van der Waals surface area (Å²) in [6, 6.07) is 21.1. The largest absolute Gasteiger partial charge is 0.497 e. The first-order chi connectivity index (χ1) is 19.2. The van der Waals surface area contributed by atoms with Crippen molar-refractivity contribution in [2.24, 2.45) is 5.41 Å². The van der Waals surface area contributed by atoms with Gasteiger partial charge in [-0.1, -0.05) is 51.1 Å². The number of carbonyl (C=O) groups excluding carboxylic acids is 2. The number of nitrogens with zero attached hydrogens (tertiary/aromatic N) is 3. The smallest absolute Gasteiger partial charge is 0.243 e. The van der Waals surface area contributed by atoms with Crippen LogP contribution in [0.15, 0.2) is 72.9 Å². The highest BCUT2D eigenvalue weighted by Gasteiger charge is 2.36. The number of aryl methyl sites for hydroxylation is 1. The summed E-state index contributed by atoms with van der Waals surface area (Å²) in [5.74, 6) is 1.38. The maximum absolute atomic E-state index is 12.6. The molecule has 0 saturated carbocycles. The number of hydrogen-bond acceptors (Lipinski definition) is 7. The summed E-state index contributed by atoms with van der Waals surface area (Å²) < 4.78 is 4.91. The molecule has 2 N–H and O–H groups in total. The molecular weight excluding hydrogens is 506 g/mol. The molecule has 2 aromatic carbocycles. The number of piperidine rings is 1. The standard InChI is InChI=1S/C24H33N5O3.C7H8O/c1-5-18-10-11-20(26-22(30)17-29-14-8-12-24(2,3)23(29)31)15-19(18)16-28(4)32-27-21-9-6-7-13-25-21;1-8-7-5-3-2-4-6-7/h6-7,9-11,13,15H,5,8,12,14,16-17H2,1-4H3,(H,25,27)(H,26,30);2-6H,1H3. The molecule has 1 saturated heterocycles. The normalized spacial score (nSPS) is 14.2. The van der Waals surface area contributed by atoms with E-state index >= 15 is 0 Å². The van der Waals surface area contributed by atoms with Gasteiger partial charge in [-0.25, -0.2) is 10.5 Å². The van der Waals surface area contributed by atoms with E-state index in [4.69, 9.17) is 9.68 Å². The molecule has 2 heterocycles. The van der Waals surface area contributed by atoms with Crippen molar-refractivity contribution in [3.8, 4) is 5.75 Å². The second kappa shape index (κ2) is 15.0. The average Bonchev–Trinajstić information content (AvgIpc) is 2.96. The van der Waals surface area contributed by atoms with E-state index in [1.807, 2.05) is 87.6 Å². The topological polar surface area (TPSA) is 96.0 Å². The van der Waals surface area contributed by atoms with Crippen molar-refractivity contribution < 1.29 is 19.3 Å². The number of ether oxygens (including phenoxy) is 1. The highest BCUT2D eigenvalue weighted by molar-refractivity contribution is 5.95. The van der Waals surface area contributed by atoms with Crippen molar-refractivity contribution >= 4 is 23.3 Å². The van der Waals surface area contributed by atoms with Gasteiger partial charge in [0.25, 0.3) is 0 Å². The van der Waals surface area contributed by atoms with Crippen LogP contribution in [0, 0.1) is 5.41 Å². The Morgan fingerprint density at radius 1 is 1.07 bits per heavy atom. The lowest BCUT2D eigenvalue weighted by Gasteiger charge is -2.36. The van der Waals surface area contributed by atoms with Gasteiger partial charge in [-0.2, -0.15) is 10.0 Å². The van der Waals surface area contributed by atoms with Crippen molar-refractivity contribution in [2.45, 2.75) is 46.6 Å². The number of methoxy groups -OCH3 is 1. The molecule has 2 amide bonds. The number of anilines is 2. The number of pyridine rings is 1. The Morgan fingerprint density at radius 3 is 2.48 bits per heavy atom. The molecule has 9 nitrogen and oxygen atoms in total. The Kier molecular flexibility index (Phi) is 11.5. The fraction of sp³-hybridized carbons (Fsp3) is 0.387. The Bertz CT molecular complexity index is 1220. The number of hydrogen-bond donors (Lipinski definition) is 2. The zero-order chi connectivity index (χ0) is 29.0. The van der Waals surface area contributed by atoms with Crippen molar-refractivity contribution in [3.05, 3.63) is 84.1 Å². The van der Waals surface area contributed by atoms with Gasteiger partial charge < -0.3 is 15.0 Å². The van der Waals surface area contributed by atoms with Crippen LogP contribution >= 0.6 is 0 Å². The summed E-state index contributed by atoms with van der Waals surface area (Å²) in [5.41, 5.74) is 5.34. The van der Waals surface area contributed by atoms with Gasteiger partial charge in [0, 0.05) is 30.9 Å². The maximum Gasteiger partial charge on any atom is 0.243 e. The number of benzene rings is 2. The molecule has 9 heteroatoms. The molecule has 40 heavy (non-hydrogen) atoms. The number of carbonyl (C=O) groups is 2. The zero-order valence-electron chi connectivity index (χ0n) is 24.1. The van der Waals surface area contributed by atoms with E-state index in [0.717, 1.165) is 30.6 Å². The molecule has 0 aliphatic carbocycles. The van der Waals surface area contributed by atoms with Gasteiger partial charge >= 0.3 is 0 Å². The third-order valence-electron chi connectivity index (χ3n) is 6.64. The number of nitrogens with one attached hydrogen (secondary N) is 2. The highest BCUT2D eigenvalue weighted by Crippen LogP contribution is 2.29. The summed E-state index contributed by atoms with van der Waals surface area (Å²) in [4.78, 5) is 36.6. The lowest BCUT2D eigenvalue weighted by Crippen LogP contribution is -2.48. The second-order valence-corrected chi connectivity index (χ2v) is 10.3. The van der Waals surface area contributed by atoms with Crippen LogP contribution in [0.3, 0.4) is 0 Å². The zero-order valence-corrected chi connectivity index (χ0v) is 24.1. The predicted octanol–water partition coefficient (Wildman–Crippen LogP) is 5.32. The van der Waals surface area contributed by atoms with Crippen LogP contribution in [0.4, 0.5) is 11.5 Å². The molecule has 0 radical (unpaired) electrons. The van der Waals surface area contributed by atoms with Gasteiger partial charge in [0.1, 0.15) is 5.75 Å². The van der Waals surface area contributed by atoms with Gasteiger partial charge in [-0.05, 0) is 66.8 Å². The minimum Gasteiger partial charge on any atom is -0.497 e. The Morgan fingerprint density at radius 2 is 1.82 bits per heavy atom. The lowest BCUT2D eigenvalue weighted by atomic mass is 9.83. The molecule has 1 aliphatic rings. The molecule has 214 valence electrons. The number of likely N-dealkylation sites (tertiary alicyclic amines) is 1. The number of hydroxylamine groups is 2. The fourth-order valence-electron chi connectivity index (χ4n) is 4.45. The predicted molar refractivity (Wildman–Crippen MR) is 157 cm³/mol. The van der Waals surface area contributed by atoms with Gasteiger partial charge in [0.2, 0.25) is 11.8 Å². The van der Waals surface area contributed by atoms with Gasteiger partial charge in [0.15, 0.2) is 5.82 Å². The minimum absolute atomic E-state index is 0.0418. The van der Waals surface area contributed by atoms with E-state index in [2.05, 4.69) is 22.7 Å². The molecule has 0 atom stereocenters. The second-order valence-electron chi connectivity index (χ2n) is 10.3. The van der Waals surface area contributed by atoms with E-state index in [9.17, 15) is 9.59 Å². The molecule has 1 aliphatic heterocycles. The Hall–Kier alpha value is -3.95. The van der Waals surface area contributed by atoms with Crippen molar-refractivity contribution in [1.82, 2.24) is 14.9 Å². The number of rotatable bonds is 10. The van der Waals surface area contributed by atoms with E-state index in [-0.39, 0.29) is 18.4 Å². The molecule has 4 rings (SSSR count). The number of para-hydroxylation sites is 1. The molecule has 3 aromatic rings. The summed E-state index contributed by atoms with van der Waals surface area (Å²) in [7, 11) is 3.49. The van der Waals surface area contributed by atoms with E-state index in [1.54, 1.807) is 23.3 Å². The molecule has 0 spiro atoms. The van der Waals surface area contributed by atoms with E-state index in [1.165, 1.54) is 5.56 Å². The monoisotopic (exact) mass is 547 g/mol. The van der Waals surface area contributed by atoms with Crippen molar-refractivity contribution in [2.75, 3.05) is 38.0 Å². The Labute approximate surface area is 237 Å². The van der Waals surface area contributed by atoms with E-state index < -0.39 is 5.41 Å². The highest BCUT2D eigenvalue weighted by atomic mass is 16.8. The maximum atomic E-state index is 12.6. The van der Waals surface area contributed by atoms with Crippen molar-refractivity contribution in [3.63, 3.8) is 0 Å². The molecular formula is C31H41N5O4. The fourth-order valence-corrected chi connectivity index (χ4v) is 4.45. The molecule has 1 fully saturated rings. The van der Waals surface area contributed by atoms with Crippen LogP contribution in [-0.2, 0) is 27.5 Å². The van der Waals surface area contributed by atoms with Crippen LogP contribution in [0.25, 0.3) is 0 Å². The van der Waals surface area contributed by atoms with Crippen LogP contribution in [0.5, 0.6) is 5.75 Å². The minimum atomic E-state index is -0.400. The van der Waals surface area contributed by atoms with Crippen LogP contribution < -0.4 is 15.5 Å².